The summed E-state index contributed by atoms with van der Waals surface area (Å²) in [6.07, 6.45) is 5.90. The maximum Gasteiger partial charge on any atom is 0.328 e. The molecule has 21 heavy (non-hydrogen) atoms. The first-order chi connectivity index (χ1) is 9.71. The number of nitrogens with zero attached hydrogens (tertiary/aromatic N) is 1. The first-order valence-corrected chi connectivity index (χ1v) is 8.05. The summed E-state index contributed by atoms with van der Waals surface area (Å²) in [5.74, 6) is -0.743. The average Bonchev–Trinajstić information content (AvgIpc) is 3.02. The Morgan fingerprint density at radius 2 is 2.19 bits per heavy atom. The number of carboxylic acids is 1. The lowest BCUT2D eigenvalue weighted by Crippen LogP contribution is -2.27. The number of nitrogens with one attached hydrogen (secondary N) is 1. The molecule has 1 fully saturated rings. The van der Waals surface area contributed by atoms with Crippen LogP contribution in [0, 0.1) is 11.3 Å². The fraction of sp³-hybridized carbons (Fsp3) is 0.429. The SMILES string of the molecule is CC1(C)CC1CNS(=O)(=O)c1cncc(/C=C/C(=O)O)c1. The van der Waals surface area contributed by atoms with Gasteiger partial charge in [-0.25, -0.2) is 17.9 Å². The van der Waals surface area contributed by atoms with Crippen LogP contribution in [-0.2, 0) is 14.8 Å². The molecule has 0 spiro atoms. The molecule has 1 aromatic heterocycles. The zero-order chi connectivity index (χ0) is 15.7. The van der Waals surface area contributed by atoms with Crippen molar-refractivity contribution in [1.82, 2.24) is 9.71 Å². The predicted octanol–water partition coefficient (Wildman–Crippen LogP) is 1.50. The van der Waals surface area contributed by atoms with Crippen molar-refractivity contribution >= 4 is 22.1 Å². The van der Waals surface area contributed by atoms with Crippen LogP contribution in [0.15, 0.2) is 29.4 Å². The van der Waals surface area contributed by atoms with Crippen LogP contribution in [0.2, 0.25) is 0 Å². The van der Waals surface area contributed by atoms with E-state index >= 15 is 0 Å². The van der Waals surface area contributed by atoms with Gasteiger partial charge in [0.15, 0.2) is 0 Å². The molecule has 0 amide bonds. The molecule has 7 heteroatoms. The van der Waals surface area contributed by atoms with Crippen molar-refractivity contribution in [3.8, 4) is 0 Å². The molecule has 1 aliphatic rings. The number of rotatable bonds is 6. The largest absolute Gasteiger partial charge is 0.478 e. The number of carbonyl (C=O) groups is 1. The van der Waals surface area contributed by atoms with Gasteiger partial charge in [-0.3, -0.25) is 4.98 Å². The molecule has 1 saturated carbocycles. The second kappa shape index (κ2) is 5.57. The van der Waals surface area contributed by atoms with E-state index in [2.05, 4.69) is 23.6 Å². The number of carboxylic acid groups (broad SMARTS) is 1. The predicted molar refractivity (Wildman–Crippen MR) is 78.0 cm³/mol. The molecule has 0 radical (unpaired) electrons. The molecule has 1 unspecified atom stereocenters. The normalized spacial score (nSPS) is 20.6. The minimum absolute atomic E-state index is 0.0356. The van der Waals surface area contributed by atoms with Gasteiger partial charge in [-0.05, 0) is 35.5 Å². The Bertz CT molecular complexity index is 680. The highest BCUT2D eigenvalue weighted by atomic mass is 32.2. The lowest BCUT2D eigenvalue weighted by molar-refractivity contribution is -0.131. The van der Waals surface area contributed by atoms with Gasteiger partial charge in [0, 0.05) is 25.0 Å². The van der Waals surface area contributed by atoms with Gasteiger partial charge in [-0.1, -0.05) is 13.8 Å². The van der Waals surface area contributed by atoms with Gasteiger partial charge in [0.1, 0.15) is 4.90 Å². The van der Waals surface area contributed by atoms with E-state index in [1.807, 2.05) is 0 Å². The van der Waals surface area contributed by atoms with Crippen LogP contribution >= 0.6 is 0 Å². The van der Waals surface area contributed by atoms with Gasteiger partial charge < -0.3 is 5.11 Å². The maximum atomic E-state index is 12.2. The topological polar surface area (TPSA) is 96.4 Å². The summed E-state index contributed by atoms with van der Waals surface area (Å²) in [4.78, 5) is 14.3. The van der Waals surface area contributed by atoms with E-state index in [1.165, 1.54) is 24.5 Å². The third-order valence-corrected chi connectivity index (χ3v) is 5.09. The molecule has 0 aliphatic heterocycles. The van der Waals surface area contributed by atoms with Crippen LogP contribution in [0.5, 0.6) is 0 Å². The summed E-state index contributed by atoms with van der Waals surface area (Å²) in [5.41, 5.74) is 0.624. The quantitative estimate of drug-likeness (QED) is 0.776. The third kappa shape index (κ3) is 4.12. The van der Waals surface area contributed by atoms with Crippen LogP contribution in [-0.4, -0.2) is 31.0 Å². The molecule has 2 N–H and O–H groups in total. The van der Waals surface area contributed by atoms with E-state index in [0.29, 0.717) is 18.0 Å². The molecule has 0 bridgehead atoms. The Labute approximate surface area is 124 Å². The van der Waals surface area contributed by atoms with Gasteiger partial charge >= 0.3 is 5.97 Å². The monoisotopic (exact) mass is 310 g/mol. The highest BCUT2D eigenvalue weighted by molar-refractivity contribution is 7.89. The van der Waals surface area contributed by atoms with Crippen molar-refractivity contribution in [2.24, 2.45) is 11.3 Å². The van der Waals surface area contributed by atoms with Crippen LogP contribution in [0.3, 0.4) is 0 Å². The number of hydrogen-bond acceptors (Lipinski definition) is 4. The van der Waals surface area contributed by atoms with Crippen molar-refractivity contribution in [3.63, 3.8) is 0 Å². The Morgan fingerprint density at radius 1 is 1.52 bits per heavy atom. The average molecular weight is 310 g/mol. The van der Waals surface area contributed by atoms with E-state index in [9.17, 15) is 13.2 Å². The van der Waals surface area contributed by atoms with Crippen molar-refractivity contribution in [2.75, 3.05) is 6.54 Å². The summed E-state index contributed by atoms with van der Waals surface area (Å²) in [6, 6.07) is 1.40. The number of aliphatic carboxylic acids is 1. The van der Waals surface area contributed by atoms with Gasteiger partial charge in [-0.2, -0.15) is 0 Å². The Morgan fingerprint density at radius 3 is 2.76 bits per heavy atom. The van der Waals surface area contributed by atoms with E-state index in [4.69, 9.17) is 5.11 Å². The molecule has 1 aromatic rings. The third-order valence-electron chi connectivity index (χ3n) is 3.70. The number of pyridine rings is 1. The van der Waals surface area contributed by atoms with Crippen LogP contribution < -0.4 is 4.72 Å². The molecular weight excluding hydrogens is 292 g/mol. The second-order valence-electron chi connectivity index (χ2n) is 5.87. The molecule has 0 saturated heterocycles. The summed E-state index contributed by atoms with van der Waals surface area (Å²) < 4.78 is 26.9. The van der Waals surface area contributed by atoms with Crippen LogP contribution in [0.25, 0.3) is 6.08 Å². The molecule has 0 aromatic carbocycles. The Kier molecular flexibility index (Phi) is 4.15. The molecule has 114 valence electrons. The molecular formula is C14H18N2O4S. The summed E-state index contributed by atoms with van der Waals surface area (Å²) in [6.45, 7) is 4.61. The van der Waals surface area contributed by atoms with Crippen LogP contribution in [0.4, 0.5) is 0 Å². The van der Waals surface area contributed by atoms with Crippen LogP contribution in [0.1, 0.15) is 25.8 Å². The first-order valence-electron chi connectivity index (χ1n) is 6.56. The fourth-order valence-corrected chi connectivity index (χ4v) is 3.14. The smallest absolute Gasteiger partial charge is 0.328 e. The van der Waals surface area contributed by atoms with Crippen molar-refractivity contribution < 1.29 is 18.3 Å². The van der Waals surface area contributed by atoms with Gasteiger partial charge in [0.05, 0.1) is 0 Å². The first kappa shape index (κ1) is 15.7. The molecule has 1 heterocycles. The van der Waals surface area contributed by atoms with E-state index in [1.54, 1.807) is 0 Å². The Hall–Kier alpha value is -1.73. The van der Waals surface area contributed by atoms with Crippen molar-refractivity contribution in [1.29, 1.82) is 0 Å². The lowest BCUT2D eigenvalue weighted by atomic mass is 10.1. The highest BCUT2D eigenvalue weighted by Crippen LogP contribution is 2.51. The number of hydrogen-bond donors (Lipinski definition) is 2. The van der Waals surface area contributed by atoms with Crippen molar-refractivity contribution in [3.05, 3.63) is 30.1 Å². The number of sulfonamides is 1. The van der Waals surface area contributed by atoms with E-state index in [-0.39, 0.29) is 10.3 Å². The van der Waals surface area contributed by atoms with Gasteiger partial charge in [0.2, 0.25) is 10.0 Å². The Balaban J connectivity index is 2.09. The molecule has 1 aliphatic carbocycles. The minimum Gasteiger partial charge on any atom is -0.478 e. The molecule has 1 atom stereocenters. The second-order valence-corrected chi connectivity index (χ2v) is 7.63. The molecule has 6 nitrogen and oxygen atoms in total. The maximum absolute atomic E-state index is 12.2. The minimum atomic E-state index is -3.62. The highest BCUT2D eigenvalue weighted by Gasteiger charge is 2.45. The van der Waals surface area contributed by atoms with Crippen molar-refractivity contribution in [2.45, 2.75) is 25.2 Å². The summed E-state index contributed by atoms with van der Waals surface area (Å²) >= 11 is 0. The zero-order valence-corrected chi connectivity index (χ0v) is 12.7. The standard InChI is InChI=1S/C14H18N2O4S/c1-14(2)6-11(14)8-16-21(19,20)12-5-10(7-15-9-12)3-4-13(17)18/h3-5,7,9,11,16H,6,8H2,1-2H3,(H,17,18)/b4-3+. The molecule has 2 rings (SSSR count). The number of aromatic nitrogens is 1. The summed E-state index contributed by atoms with van der Waals surface area (Å²) in [5, 5.41) is 8.57. The van der Waals surface area contributed by atoms with E-state index < -0.39 is 16.0 Å². The van der Waals surface area contributed by atoms with Gasteiger partial charge in [0.25, 0.3) is 0 Å². The van der Waals surface area contributed by atoms with Gasteiger partial charge in [-0.15, -0.1) is 0 Å². The zero-order valence-electron chi connectivity index (χ0n) is 11.9. The fourth-order valence-electron chi connectivity index (χ4n) is 2.06. The lowest BCUT2D eigenvalue weighted by Gasteiger charge is -2.08. The van der Waals surface area contributed by atoms with E-state index in [0.717, 1.165) is 12.5 Å². The summed E-state index contributed by atoms with van der Waals surface area (Å²) in [7, 11) is -3.62.